The number of rotatable bonds is 4. The predicted octanol–water partition coefficient (Wildman–Crippen LogP) is 2.91. The van der Waals surface area contributed by atoms with Gasteiger partial charge in [0.25, 0.3) is 0 Å². The molecular weight excluding hydrogens is 334 g/mol. The van der Waals surface area contributed by atoms with E-state index in [1.165, 1.54) is 0 Å². The van der Waals surface area contributed by atoms with Crippen molar-refractivity contribution in [1.82, 2.24) is 10.2 Å². The third kappa shape index (κ3) is 3.28. The van der Waals surface area contributed by atoms with Gasteiger partial charge in [0.2, 0.25) is 5.91 Å². The van der Waals surface area contributed by atoms with Crippen molar-refractivity contribution < 1.29 is 19.0 Å². The molecule has 1 aromatic heterocycles. The van der Waals surface area contributed by atoms with E-state index in [9.17, 15) is 4.79 Å². The zero-order valence-corrected chi connectivity index (χ0v) is 14.4. The average molecular weight is 353 g/mol. The quantitative estimate of drug-likeness (QED) is 0.753. The molecule has 0 unspecified atom stereocenters. The van der Waals surface area contributed by atoms with Crippen molar-refractivity contribution in [2.24, 2.45) is 0 Å². The number of nitrogens with zero attached hydrogens (tertiary/aromatic N) is 1. The van der Waals surface area contributed by atoms with Crippen molar-refractivity contribution in [3.63, 3.8) is 0 Å². The summed E-state index contributed by atoms with van der Waals surface area (Å²) < 4.78 is 16.5. The summed E-state index contributed by atoms with van der Waals surface area (Å²) in [6.07, 6.45) is 1.07. The third-order valence-corrected chi connectivity index (χ3v) is 4.20. The lowest BCUT2D eigenvalue weighted by Crippen LogP contribution is -2.15. The number of hydrogen-bond donors (Lipinski definition) is 2. The third-order valence-electron chi connectivity index (χ3n) is 4.20. The first-order chi connectivity index (χ1) is 12.7. The molecule has 0 atom stereocenters. The maximum atomic E-state index is 12.4. The van der Waals surface area contributed by atoms with Crippen LogP contribution in [0.3, 0.4) is 0 Å². The van der Waals surface area contributed by atoms with Crippen LogP contribution in [0.2, 0.25) is 0 Å². The summed E-state index contributed by atoms with van der Waals surface area (Å²) in [6.45, 7) is 1.26. The molecule has 4 rings (SSSR count). The molecular formula is C19H19N3O4. The molecule has 2 heterocycles. The van der Waals surface area contributed by atoms with E-state index in [0.29, 0.717) is 24.8 Å². The summed E-state index contributed by atoms with van der Waals surface area (Å²) >= 11 is 0. The maximum Gasteiger partial charge on any atom is 0.230 e. The van der Waals surface area contributed by atoms with Gasteiger partial charge in [-0.15, -0.1) is 0 Å². The minimum absolute atomic E-state index is 0.149. The summed E-state index contributed by atoms with van der Waals surface area (Å²) in [5.74, 6) is 2.49. The number of hydrogen-bond acceptors (Lipinski definition) is 5. The van der Waals surface area contributed by atoms with E-state index in [4.69, 9.17) is 14.2 Å². The highest BCUT2D eigenvalue weighted by Crippen LogP contribution is 2.31. The normalized spacial score (nSPS) is 13.3. The van der Waals surface area contributed by atoms with Crippen LogP contribution >= 0.6 is 0 Å². The maximum absolute atomic E-state index is 12.4. The van der Waals surface area contributed by atoms with Crippen LogP contribution < -0.4 is 19.5 Å². The number of amides is 1. The van der Waals surface area contributed by atoms with Crippen LogP contribution in [0.25, 0.3) is 10.9 Å². The number of ether oxygens (including phenoxy) is 3. The van der Waals surface area contributed by atoms with Gasteiger partial charge in [0.1, 0.15) is 5.75 Å². The Labute approximate surface area is 150 Å². The highest BCUT2D eigenvalue weighted by atomic mass is 16.5. The number of aromatic nitrogens is 2. The van der Waals surface area contributed by atoms with E-state index in [1.807, 2.05) is 36.4 Å². The lowest BCUT2D eigenvalue weighted by Gasteiger charge is -2.09. The second-order valence-electron chi connectivity index (χ2n) is 6.04. The Morgan fingerprint density at radius 1 is 1.19 bits per heavy atom. The van der Waals surface area contributed by atoms with Gasteiger partial charge in [0.15, 0.2) is 17.3 Å². The van der Waals surface area contributed by atoms with Crippen molar-refractivity contribution in [3.05, 3.63) is 42.0 Å². The monoisotopic (exact) mass is 353 g/mol. The molecule has 1 amide bonds. The fourth-order valence-corrected chi connectivity index (χ4v) is 2.90. The van der Waals surface area contributed by atoms with Gasteiger partial charge in [-0.25, -0.2) is 0 Å². The lowest BCUT2D eigenvalue weighted by molar-refractivity contribution is -0.115. The van der Waals surface area contributed by atoms with Gasteiger partial charge in [-0.3, -0.25) is 9.89 Å². The molecule has 0 spiro atoms. The topological polar surface area (TPSA) is 85.5 Å². The summed E-state index contributed by atoms with van der Waals surface area (Å²) in [5, 5.41) is 10.8. The van der Waals surface area contributed by atoms with Gasteiger partial charge in [0, 0.05) is 17.9 Å². The van der Waals surface area contributed by atoms with E-state index in [0.717, 1.165) is 34.4 Å². The number of benzene rings is 2. The standard InChI is InChI=1S/C19H19N3O4/c1-24-13-4-5-14-15(11-13)21-22-19(14)20-18(23)10-12-3-6-16-17(9-12)26-8-2-7-25-16/h3-6,9,11H,2,7-8,10H2,1H3,(H2,20,21,22,23). The zero-order valence-electron chi connectivity index (χ0n) is 14.4. The van der Waals surface area contributed by atoms with Gasteiger partial charge in [0.05, 0.1) is 32.3 Å². The van der Waals surface area contributed by atoms with E-state index < -0.39 is 0 Å². The Hall–Kier alpha value is -3.22. The average Bonchev–Trinajstić information content (AvgIpc) is 2.89. The number of nitrogens with one attached hydrogen (secondary N) is 2. The minimum Gasteiger partial charge on any atom is -0.497 e. The van der Waals surface area contributed by atoms with Gasteiger partial charge in [-0.05, 0) is 29.8 Å². The highest BCUT2D eigenvalue weighted by Gasteiger charge is 2.14. The first kappa shape index (κ1) is 16.3. The molecule has 134 valence electrons. The number of anilines is 1. The molecule has 0 bridgehead atoms. The largest absolute Gasteiger partial charge is 0.497 e. The van der Waals surface area contributed by atoms with Crippen molar-refractivity contribution in [3.8, 4) is 17.2 Å². The number of fused-ring (bicyclic) bond motifs is 2. The summed E-state index contributed by atoms with van der Waals surface area (Å²) in [7, 11) is 1.61. The number of methoxy groups -OCH3 is 1. The summed E-state index contributed by atoms with van der Waals surface area (Å²) in [5.41, 5.74) is 1.66. The van der Waals surface area contributed by atoms with Crippen molar-refractivity contribution >= 4 is 22.6 Å². The lowest BCUT2D eigenvalue weighted by atomic mass is 10.1. The molecule has 7 nitrogen and oxygen atoms in total. The molecule has 1 aliphatic heterocycles. The number of aromatic amines is 1. The SMILES string of the molecule is COc1ccc2c(NC(=O)Cc3ccc4c(c3)OCCCO4)n[nH]c2c1. The smallest absolute Gasteiger partial charge is 0.230 e. The van der Waals surface area contributed by atoms with Crippen LogP contribution in [0.4, 0.5) is 5.82 Å². The van der Waals surface area contributed by atoms with Crippen LogP contribution in [-0.2, 0) is 11.2 Å². The molecule has 26 heavy (non-hydrogen) atoms. The Bertz CT molecular complexity index is 951. The summed E-state index contributed by atoms with van der Waals surface area (Å²) in [6, 6.07) is 11.1. The molecule has 1 aliphatic rings. The van der Waals surface area contributed by atoms with Gasteiger partial charge < -0.3 is 19.5 Å². The molecule has 7 heteroatoms. The second kappa shape index (κ2) is 6.95. The van der Waals surface area contributed by atoms with E-state index >= 15 is 0 Å². The second-order valence-corrected chi connectivity index (χ2v) is 6.04. The Morgan fingerprint density at radius 2 is 2.04 bits per heavy atom. The van der Waals surface area contributed by atoms with Crippen LogP contribution in [0.15, 0.2) is 36.4 Å². The first-order valence-electron chi connectivity index (χ1n) is 8.43. The van der Waals surface area contributed by atoms with Crippen LogP contribution in [0.1, 0.15) is 12.0 Å². The van der Waals surface area contributed by atoms with Gasteiger partial charge in [-0.2, -0.15) is 5.10 Å². The van der Waals surface area contributed by atoms with Crippen molar-refractivity contribution in [1.29, 1.82) is 0 Å². The number of H-pyrrole nitrogens is 1. The zero-order chi connectivity index (χ0) is 17.9. The molecule has 0 fully saturated rings. The summed E-state index contributed by atoms with van der Waals surface area (Å²) in [4.78, 5) is 12.4. The van der Waals surface area contributed by atoms with E-state index in [-0.39, 0.29) is 12.3 Å². The fraction of sp³-hybridized carbons (Fsp3) is 0.263. The van der Waals surface area contributed by atoms with E-state index in [1.54, 1.807) is 7.11 Å². The van der Waals surface area contributed by atoms with Gasteiger partial charge >= 0.3 is 0 Å². The van der Waals surface area contributed by atoms with Crippen molar-refractivity contribution in [2.45, 2.75) is 12.8 Å². The molecule has 0 radical (unpaired) electrons. The molecule has 3 aromatic rings. The Balaban J connectivity index is 1.48. The first-order valence-corrected chi connectivity index (χ1v) is 8.43. The van der Waals surface area contributed by atoms with Crippen LogP contribution in [-0.4, -0.2) is 36.4 Å². The number of carbonyl (C=O) groups excluding carboxylic acids is 1. The fourth-order valence-electron chi connectivity index (χ4n) is 2.90. The van der Waals surface area contributed by atoms with Crippen molar-refractivity contribution in [2.75, 3.05) is 25.6 Å². The Morgan fingerprint density at radius 3 is 2.88 bits per heavy atom. The molecule has 0 aliphatic carbocycles. The molecule has 0 saturated carbocycles. The highest BCUT2D eigenvalue weighted by molar-refractivity contribution is 6.00. The molecule has 2 N–H and O–H groups in total. The Kier molecular flexibility index (Phi) is 4.35. The minimum atomic E-state index is -0.149. The van der Waals surface area contributed by atoms with Crippen LogP contribution in [0.5, 0.6) is 17.2 Å². The number of carbonyl (C=O) groups is 1. The van der Waals surface area contributed by atoms with Gasteiger partial charge in [-0.1, -0.05) is 6.07 Å². The van der Waals surface area contributed by atoms with E-state index in [2.05, 4.69) is 15.5 Å². The predicted molar refractivity (Wildman–Crippen MR) is 97.0 cm³/mol. The molecule has 2 aromatic carbocycles. The molecule has 0 saturated heterocycles. The van der Waals surface area contributed by atoms with Crippen LogP contribution in [0, 0.1) is 0 Å².